The van der Waals surface area contributed by atoms with Gasteiger partial charge in [0.2, 0.25) is 5.91 Å². The summed E-state index contributed by atoms with van der Waals surface area (Å²) in [7, 11) is 0. The molecule has 0 radical (unpaired) electrons. The van der Waals surface area contributed by atoms with E-state index in [9.17, 15) is 9.59 Å². The van der Waals surface area contributed by atoms with Crippen LogP contribution in [0, 0.1) is 6.92 Å². The number of carbonyl (C=O) groups excluding carboxylic acids is 2. The molecule has 5 heteroatoms. The van der Waals surface area contributed by atoms with Crippen molar-refractivity contribution in [3.63, 3.8) is 0 Å². The number of ketones is 1. The van der Waals surface area contributed by atoms with E-state index in [0.29, 0.717) is 11.3 Å². The SMILES string of the molecule is CCc1cc2cccc(C)c2nc1SCC(=O)Nc1cccc(C(C)=O)c1. The Morgan fingerprint density at radius 3 is 2.63 bits per heavy atom. The molecule has 0 unspecified atom stereocenters. The molecule has 3 rings (SSSR count). The van der Waals surface area contributed by atoms with Crippen LogP contribution in [0.1, 0.15) is 35.3 Å². The summed E-state index contributed by atoms with van der Waals surface area (Å²) in [5.74, 6) is 0.125. The maximum atomic E-state index is 12.4. The summed E-state index contributed by atoms with van der Waals surface area (Å²) in [4.78, 5) is 28.6. The Balaban J connectivity index is 1.74. The normalized spacial score (nSPS) is 10.8. The highest BCUT2D eigenvalue weighted by Gasteiger charge is 2.11. The number of carbonyl (C=O) groups is 2. The van der Waals surface area contributed by atoms with Crippen molar-refractivity contribution >= 4 is 40.0 Å². The van der Waals surface area contributed by atoms with Crippen LogP contribution in [-0.2, 0) is 11.2 Å². The molecule has 0 saturated heterocycles. The number of hydrogen-bond acceptors (Lipinski definition) is 4. The van der Waals surface area contributed by atoms with E-state index in [4.69, 9.17) is 4.98 Å². The minimum absolute atomic E-state index is 0.0243. The van der Waals surface area contributed by atoms with Gasteiger partial charge in [-0.25, -0.2) is 4.98 Å². The van der Waals surface area contributed by atoms with Crippen LogP contribution >= 0.6 is 11.8 Å². The standard InChI is InChI=1S/C22H22N2O2S/c1-4-16-11-18-9-5-7-14(2)21(18)24-22(16)27-13-20(26)23-19-10-6-8-17(12-19)15(3)25/h5-12H,4,13H2,1-3H3,(H,23,26). The molecule has 27 heavy (non-hydrogen) atoms. The highest BCUT2D eigenvalue weighted by atomic mass is 32.2. The van der Waals surface area contributed by atoms with Gasteiger partial charge in [-0.15, -0.1) is 0 Å². The van der Waals surface area contributed by atoms with Crippen molar-refractivity contribution in [2.24, 2.45) is 0 Å². The van der Waals surface area contributed by atoms with Gasteiger partial charge in [0.05, 0.1) is 11.3 Å². The van der Waals surface area contributed by atoms with Crippen LogP contribution in [0.5, 0.6) is 0 Å². The quantitative estimate of drug-likeness (QED) is 0.482. The van der Waals surface area contributed by atoms with Gasteiger partial charge in [0, 0.05) is 16.6 Å². The van der Waals surface area contributed by atoms with Crippen molar-refractivity contribution in [2.75, 3.05) is 11.1 Å². The fraction of sp³-hybridized carbons (Fsp3) is 0.227. The summed E-state index contributed by atoms with van der Waals surface area (Å²) in [6.45, 7) is 5.65. The third kappa shape index (κ3) is 4.55. The Labute approximate surface area is 163 Å². The summed E-state index contributed by atoms with van der Waals surface area (Å²) in [6.07, 6.45) is 0.863. The van der Waals surface area contributed by atoms with E-state index < -0.39 is 0 Å². The van der Waals surface area contributed by atoms with Crippen molar-refractivity contribution in [2.45, 2.75) is 32.2 Å². The molecule has 0 atom stereocenters. The van der Waals surface area contributed by atoms with E-state index in [-0.39, 0.29) is 17.4 Å². The molecule has 4 nitrogen and oxygen atoms in total. The van der Waals surface area contributed by atoms with Crippen LogP contribution in [0.15, 0.2) is 53.6 Å². The van der Waals surface area contributed by atoms with Gasteiger partial charge in [-0.2, -0.15) is 0 Å². The monoisotopic (exact) mass is 378 g/mol. The lowest BCUT2D eigenvalue weighted by atomic mass is 10.1. The van der Waals surface area contributed by atoms with Crippen LogP contribution in [0.2, 0.25) is 0 Å². The Morgan fingerprint density at radius 2 is 1.89 bits per heavy atom. The molecule has 0 aliphatic rings. The fourth-order valence-electron chi connectivity index (χ4n) is 2.90. The zero-order valence-corrected chi connectivity index (χ0v) is 16.5. The first-order chi connectivity index (χ1) is 13.0. The second-order valence-electron chi connectivity index (χ2n) is 6.43. The molecule has 3 aromatic rings. The van der Waals surface area contributed by atoms with Gasteiger partial charge in [-0.1, -0.05) is 49.0 Å². The summed E-state index contributed by atoms with van der Waals surface area (Å²) in [5, 5.41) is 4.88. The first kappa shape index (κ1) is 19.1. The molecule has 0 spiro atoms. The number of thioether (sulfide) groups is 1. The maximum Gasteiger partial charge on any atom is 0.234 e. The number of anilines is 1. The molecule has 1 N–H and O–H groups in total. The van der Waals surface area contributed by atoms with Crippen LogP contribution in [-0.4, -0.2) is 22.4 Å². The Kier molecular flexibility index (Phi) is 5.91. The van der Waals surface area contributed by atoms with Crippen molar-refractivity contribution in [1.29, 1.82) is 0 Å². The minimum atomic E-state index is -0.116. The lowest BCUT2D eigenvalue weighted by molar-refractivity contribution is -0.113. The van der Waals surface area contributed by atoms with Crippen LogP contribution in [0.3, 0.4) is 0 Å². The average molecular weight is 378 g/mol. The lowest BCUT2D eigenvalue weighted by Gasteiger charge is -2.11. The minimum Gasteiger partial charge on any atom is -0.325 e. The van der Waals surface area contributed by atoms with E-state index in [2.05, 4.69) is 24.4 Å². The number of benzene rings is 2. The van der Waals surface area contributed by atoms with Gasteiger partial charge in [0.25, 0.3) is 0 Å². The second kappa shape index (κ2) is 8.35. The molecule has 0 aliphatic heterocycles. The molecule has 1 amide bonds. The fourth-order valence-corrected chi connectivity index (χ4v) is 3.78. The van der Waals surface area contributed by atoms with Gasteiger partial charge >= 0.3 is 0 Å². The predicted molar refractivity (Wildman–Crippen MR) is 112 cm³/mol. The number of nitrogens with one attached hydrogen (secondary N) is 1. The zero-order valence-electron chi connectivity index (χ0n) is 15.7. The largest absolute Gasteiger partial charge is 0.325 e. The third-order valence-electron chi connectivity index (χ3n) is 4.36. The van der Waals surface area contributed by atoms with Crippen molar-refractivity contribution in [3.8, 4) is 0 Å². The summed E-state index contributed by atoms with van der Waals surface area (Å²) >= 11 is 1.44. The molecule has 1 heterocycles. The number of nitrogens with zero attached hydrogens (tertiary/aromatic N) is 1. The Bertz CT molecular complexity index is 1010. The summed E-state index contributed by atoms with van der Waals surface area (Å²) < 4.78 is 0. The van der Waals surface area contributed by atoms with Crippen molar-refractivity contribution in [1.82, 2.24) is 4.98 Å². The number of para-hydroxylation sites is 1. The Morgan fingerprint density at radius 1 is 1.11 bits per heavy atom. The number of aromatic nitrogens is 1. The molecular formula is C22H22N2O2S. The molecular weight excluding hydrogens is 356 g/mol. The van der Waals surface area contributed by atoms with Crippen LogP contribution in [0.4, 0.5) is 5.69 Å². The Hall–Kier alpha value is -2.66. The third-order valence-corrected chi connectivity index (χ3v) is 5.39. The van der Waals surface area contributed by atoms with E-state index >= 15 is 0 Å². The smallest absolute Gasteiger partial charge is 0.234 e. The molecule has 0 fully saturated rings. The molecule has 1 aromatic heterocycles. The average Bonchev–Trinajstić information content (AvgIpc) is 2.66. The van der Waals surface area contributed by atoms with Crippen molar-refractivity contribution < 1.29 is 9.59 Å². The van der Waals surface area contributed by atoms with E-state index in [1.807, 2.05) is 19.1 Å². The number of Topliss-reactive ketones (excluding diaryl/α,β-unsaturated/α-hetero) is 1. The first-order valence-corrected chi connectivity index (χ1v) is 9.89. The van der Waals surface area contributed by atoms with Gasteiger partial charge in [-0.3, -0.25) is 9.59 Å². The van der Waals surface area contributed by atoms with E-state index in [1.165, 1.54) is 18.7 Å². The lowest BCUT2D eigenvalue weighted by Crippen LogP contribution is -2.14. The maximum absolute atomic E-state index is 12.4. The molecule has 138 valence electrons. The number of rotatable bonds is 6. The molecule has 0 aliphatic carbocycles. The number of hydrogen-bond donors (Lipinski definition) is 1. The number of aryl methyl sites for hydroxylation is 2. The van der Waals surface area contributed by atoms with E-state index in [0.717, 1.165) is 33.5 Å². The number of pyridine rings is 1. The van der Waals surface area contributed by atoms with Gasteiger partial charge in [0.15, 0.2) is 5.78 Å². The highest BCUT2D eigenvalue weighted by molar-refractivity contribution is 8.00. The zero-order chi connectivity index (χ0) is 19.4. The van der Waals surface area contributed by atoms with Gasteiger partial charge in [0.1, 0.15) is 5.03 Å². The number of fused-ring (bicyclic) bond motifs is 1. The summed E-state index contributed by atoms with van der Waals surface area (Å²) in [5.41, 5.74) is 4.46. The molecule has 2 aromatic carbocycles. The molecule has 0 saturated carbocycles. The van der Waals surface area contributed by atoms with Crippen molar-refractivity contribution in [3.05, 3.63) is 65.2 Å². The van der Waals surface area contributed by atoms with Crippen LogP contribution < -0.4 is 5.32 Å². The topological polar surface area (TPSA) is 59.1 Å². The first-order valence-electron chi connectivity index (χ1n) is 8.91. The van der Waals surface area contributed by atoms with Gasteiger partial charge in [-0.05, 0) is 49.6 Å². The van der Waals surface area contributed by atoms with Crippen LogP contribution in [0.25, 0.3) is 10.9 Å². The molecule has 0 bridgehead atoms. The highest BCUT2D eigenvalue weighted by Crippen LogP contribution is 2.27. The number of amides is 1. The second-order valence-corrected chi connectivity index (χ2v) is 7.39. The summed E-state index contributed by atoms with van der Waals surface area (Å²) in [6, 6.07) is 15.3. The van der Waals surface area contributed by atoms with Gasteiger partial charge < -0.3 is 5.32 Å². The van der Waals surface area contributed by atoms with E-state index in [1.54, 1.807) is 24.3 Å². The predicted octanol–water partition coefficient (Wildman–Crippen LogP) is 5.04.